The van der Waals surface area contributed by atoms with Gasteiger partial charge in [0.1, 0.15) is 11.6 Å². The highest BCUT2D eigenvalue weighted by Gasteiger charge is 2.09. The Labute approximate surface area is 151 Å². The Morgan fingerprint density at radius 2 is 0.692 bits per heavy atom. The molecule has 0 N–H and O–H groups in total. The molecule has 126 valence electrons. The number of hydrogen-bond acceptors (Lipinski definition) is 0. The number of benzene rings is 4. The van der Waals surface area contributed by atoms with Crippen molar-refractivity contribution >= 4 is 0 Å². The number of halogens is 2. The highest BCUT2D eigenvalue weighted by atomic mass is 19.1. The molecule has 0 aliphatic carbocycles. The minimum absolute atomic E-state index is 0.525. The van der Waals surface area contributed by atoms with Crippen LogP contribution in [-0.2, 0) is 0 Å². The molecule has 0 radical (unpaired) electrons. The maximum atomic E-state index is 13.7. The molecule has 0 amide bonds. The van der Waals surface area contributed by atoms with Gasteiger partial charge in [-0.2, -0.15) is 0 Å². The van der Waals surface area contributed by atoms with Gasteiger partial charge in [-0.1, -0.05) is 60.7 Å². The Hall–Kier alpha value is -3.26. The van der Waals surface area contributed by atoms with Crippen molar-refractivity contribution < 1.29 is 8.78 Å². The van der Waals surface area contributed by atoms with Gasteiger partial charge >= 0.3 is 0 Å². The molecular weight excluding hydrogens is 326 g/mol. The van der Waals surface area contributed by atoms with Crippen molar-refractivity contribution in [1.29, 1.82) is 0 Å². The lowest BCUT2D eigenvalue weighted by molar-refractivity contribution is 0.584. The molecule has 2 heteroatoms. The molecule has 0 unspecified atom stereocenters. The van der Waals surface area contributed by atoms with Gasteiger partial charge < -0.3 is 0 Å². The lowest BCUT2D eigenvalue weighted by Crippen LogP contribution is -1.88. The molecule has 0 saturated carbocycles. The average Bonchev–Trinajstić information content (AvgIpc) is 2.68. The molecule has 0 heterocycles. The normalized spacial score (nSPS) is 10.7. The summed E-state index contributed by atoms with van der Waals surface area (Å²) >= 11 is 0. The van der Waals surface area contributed by atoms with E-state index >= 15 is 0 Å². The van der Waals surface area contributed by atoms with Gasteiger partial charge in [-0.3, -0.25) is 0 Å². The summed E-state index contributed by atoms with van der Waals surface area (Å²) in [6.07, 6.45) is 0. The molecule has 4 rings (SSSR count). The van der Waals surface area contributed by atoms with E-state index in [-0.39, 0.29) is 0 Å². The topological polar surface area (TPSA) is 0 Å². The first-order valence-corrected chi connectivity index (χ1v) is 8.41. The van der Waals surface area contributed by atoms with Gasteiger partial charge in [0.15, 0.2) is 0 Å². The van der Waals surface area contributed by atoms with E-state index in [0.29, 0.717) is 5.56 Å². The predicted molar refractivity (Wildman–Crippen MR) is 103 cm³/mol. The maximum absolute atomic E-state index is 13.7. The van der Waals surface area contributed by atoms with Crippen LogP contribution in [-0.4, -0.2) is 0 Å². The maximum Gasteiger partial charge on any atom is 0.126 e. The van der Waals surface area contributed by atoms with E-state index in [1.165, 1.54) is 12.1 Å². The molecule has 0 fully saturated rings. The van der Waals surface area contributed by atoms with Crippen LogP contribution in [0.2, 0.25) is 0 Å². The minimum Gasteiger partial charge on any atom is -0.207 e. The molecule has 0 saturated heterocycles. The Bertz CT molecular complexity index is 960. The van der Waals surface area contributed by atoms with E-state index in [9.17, 15) is 8.78 Å². The standard InChI is InChI=1S/C24H16F2/c25-23-14-22(15-24(26)16-23)21-12-19(17-7-3-1-4-8-17)11-20(13-21)18-9-5-2-6-10-18/h1-16H. The van der Waals surface area contributed by atoms with Gasteiger partial charge in [-0.25, -0.2) is 8.78 Å². The second-order valence-corrected chi connectivity index (χ2v) is 6.19. The largest absolute Gasteiger partial charge is 0.207 e. The van der Waals surface area contributed by atoms with Crippen molar-refractivity contribution in [2.75, 3.05) is 0 Å². The van der Waals surface area contributed by atoms with E-state index in [1.54, 1.807) is 0 Å². The predicted octanol–water partition coefficient (Wildman–Crippen LogP) is 6.97. The number of rotatable bonds is 3. The Morgan fingerprint density at radius 3 is 1.12 bits per heavy atom. The fourth-order valence-electron chi connectivity index (χ4n) is 3.11. The zero-order chi connectivity index (χ0) is 17.9. The van der Waals surface area contributed by atoms with Gasteiger partial charge in [0, 0.05) is 6.07 Å². The van der Waals surface area contributed by atoms with Crippen molar-refractivity contribution in [1.82, 2.24) is 0 Å². The smallest absolute Gasteiger partial charge is 0.126 e. The first-order valence-electron chi connectivity index (χ1n) is 8.41. The molecule has 0 aromatic heterocycles. The fourth-order valence-corrected chi connectivity index (χ4v) is 3.11. The van der Waals surface area contributed by atoms with Crippen LogP contribution in [0.4, 0.5) is 8.78 Å². The van der Waals surface area contributed by atoms with Gasteiger partial charge in [0.25, 0.3) is 0 Å². The summed E-state index contributed by atoms with van der Waals surface area (Å²) in [6.45, 7) is 0. The van der Waals surface area contributed by atoms with Gasteiger partial charge in [-0.05, 0) is 63.7 Å². The van der Waals surface area contributed by atoms with Crippen molar-refractivity contribution in [3.05, 3.63) is 109 Å². The van der Waals surface area contributed by atoms with Crippen molar-refractivity contribution in [3.8, 4) is 33.4 Å². The van der Waals surface area contributed by atoms with Gasteiger partial charge in [0.05, 0.1) is 0 Å². The SMILES string of the molecule is Fc1cc(F)cc(-c2cc(-c3ccccc3)cc(-c3ccccc3)c2)c1. The molecule has 0 atom stereocenters. The van der Waals surface area contributed by atoms with Crippen LogP contribution in [0.15, 0.2) is 97.1 Å². The molecule has 4 aromatic rings. The van der Waals surface area contributed by atoms with E-state index in [1.807, 2.05) is 72.8 Å². The highest BCUT2D eigenvalue weighted by molar-refractivity contribution is 5.81. The van der Waals surface area contributed by atoms with Crippen LogP contribution in [0.1, 0.15) is 0 Å². The van der Waals surface area contributed by atoms with E-state index in [2.05, 4.69) is 6.07 Å². The second-order valence-electron chi connectivity index (χ2n) is 6.19. The monoisotopic (exact) mass is 342 g/mol. The minimum atomic E-state index is -0.577. The zero-order valence-corrected chi connectivity index (χ0v) is 14.0. The molecule has 26 heavy (non-hydrogen) atoms. The first kappa shape index (κ1) is 16.2. The summed E-state index contributed by atoms with van der Waals surface area (Å²) in [7, 11) is 0. The third kappa shape index (κ3) is 3.40. The quantitative estimate of drug-likeness (QED) is 0.377. The van der Waals surface area contributed by atoms with Crippen molar-refractivity contribution in [2.24, 2.45) is 0 Å². The van der Waals surface area contributed by atoms with E-state index < -0.39 is 11.6 Å². The molecule has 0 aliphatic heterocycles. The Balaban J connectivity index is 1.93. The van der Waals surface area contributed by atoms with Crippen LogP contribution in [0.5, 0.6) is 0 Å². The summed E-state index contributed by atoms with van der Waals surface area (Å²) < 4.78 is 27.4. The molecule has 4 aromatic carbocycles. The Morgan fingerprint density at radius 1 is 0.346 bits per heavy atom. The first-order chi connectivity index (χ1) is 12.7. The summed E-state index contributed by atoms with van der Waals surface area (Å²) in [5, 5.41) is 0. The van der Waals surface area contributed by atoms with Crippen LogP contribution in [0.25, 0.3) is 33.4 Å². The number of hydrogen-bond donors (Lipinski definition) is 0. The van der Waals surface area contributed by atoms with Crippen LogP contribution in [0.3, 0.4) is 0 Å². The Kier molecular flexibility index (Phi) is 4.32. The van der Waals surface area contributed by atoms with Crippen molar-refractivity contribution in [3.63, 3.8) is 0 Å². The van der Waals surface area contributed by atoms with Gasteiger partial charge in [-0.15, -0.1) is 0 Å². The molecule has 0 spiro atoms. The van der Waals surface area contributed by atoms with Gasteiger partial charge in [0.2, 0.25) is 0 Å². The van der Waals surface area contributed by atoms with E-state index in [0.717, 1.165) is 33.9 Å². The summed E-state index contributed by atoms with van der Waals surface area (Å²) in [4.78, 5) is 0. The lowest BCUT2D eigenvalue weighted by Gasteiger charge is -2.11. The lowest BCUT2D eigenvalue weighted by atomic mass is 9.93. The van der Waals surface area contributed by atoms with Crippen molar-refractivity contribution in [2.45, 2.75) is 0 Å². The molecule has 0 bridgehead atoms. The summed E-state index contributed by atoms with van der Waals surface area (Å²) in [6, 6.07) is 29.6. The zero-order valence-electron chi connectivity index (χ0n) is 14.0. The second kappa shape index (κ2) is 6.93. The summed E-state index contributed by atoms with van der Waals surface area (Å²) in [5.74, 6) is -1.15. The third-order valence-corrected chi connectivity index (χ3v) is 4.34. The fraction of sp³-hybridized carbons (Fsp3) is 0. The molecular formula is C24H16F2. The highest BCUT2D eigenvalue weighted by Crippen LogP contribution is 2.33. The van der Waals surface area contributed by atoms with Crippen LogP contribution >= 0.6 is 0 Å². The van der Waals surface area contributed by atoms with Crippen LogP contribution in [0, 0.1) is 11.6 Å². The average molecular weight is 342 g/mol. The van der Waals surface area contributed by atoms with E-state index in [4.69, 9.17) is 0 Å². The molecule has 0 nitrogen and oxygen atoms in total. The summed E-state index contributed by atoms with van der Waals surface area (Å²) in [5.41, 5.74) is 5.44. The molecule has 0 aliphatic rings. The third-order valence-electron chi connectivity index (χ3n) is 4.34. The van der Waals surface area contributed by atoms with Crippen LogP contribution < -0.4 is 0 Å².